The Balaban J connectivity index is 2.35. The highest BCUT2D eigenvalue weighted by molar-refractivity contribution is 6.42. The van der Waals surface area contributed by atoms with Gasteiger partial charge < -0.3 is 11.1 Å². The number of halogens is 4. The van der Waals surface area contributed by atoms with Crippen molar-refractivity contribution >= 4 is 63.7 Å². The van der Waals surface area contributed by atoms with Crippen LogP contribution in [0.1, 0.15) is 10.4 Å². The Hall–Kier alpha value is -1.13. The fraction of sp³-hybridized carbons (Fsp3) is 0. The zero-order valence-corrected chi connectivity index (χ0v) is 12.9. The summed E-state index contributed by atoms with van der Waals surface area (Å²) < 4.78 is 0. The van der Waals surface area contributed by atoms with Gasteiger partial charge in [-0.2, -0.15) is 0 Å². The van der Waals surface area contributed by atoms with E-state index in [1.807, 2.05) is 0 Å². The molecule has 3 N–H and O–H groups in total. The number of carbonyl (C=O) groups is 1. The van der Waals surface area contributed by atoms with Gasteiger partial charge in [0.05, 0.1) is 26.3 Å². The summed E-state index contributed by atoms with van der Waals surface area (Å²) in [5.41, 5.74) is 6.55. The van der Waals surface area contributed by atoms with Gasteiger partial charge in [0.25, 0.3) is 5.91 Å². The van der Waals surface area contributed by atoms with Crippen molar-refractivity contribution in [1.29, 1.82) is 0 Å². The first-order valence-electron chi connectivity index (χ1n) is 5.39. The van der Waals surface area contributed by atoms with Crippen LogP contribution in [0.15, 0.2) is 30.3 Å². The molecule has 1 amide bonds. The lowest BCUT2D eigenvalue weighted by Gasteiger charge is -2.11. The quantitative estimate of drug-likeness (QED) is 0.738. The number of nitrogens with two attached hydrogens (primary N) is 1. The van der Waals surface area contributed by atoms with Gasteiger partial charge in [0.1, 0.15) is 0 Å². The van der Waals surface area contributed by atoms with E-state index in [0.717, 1.165) is 0 Å². The fourth-order valence-corrected chi connectivity index (χ4v) is 2.67. The second-order valence-electron chi connectivity index (χ2n) is 3.94. The van der Waals surface area contributed by atoms with Crippen LogP contribution in [0, 0.1) is 0 Å². The largest absolute Gasteiger partial charge is 0.399 e. The molecule has 7 heteroatoms. The number of nitrogen functional groups attached to an aromatic ring is 1. The number of rotatable bonds is 2. The molecule has 0 unspecified atom stereocenters. The van der Waals surface area contributed by atoms with Gasteiger partial charge in [-0.3, -0.25) is 4.79 Å². The summed E-state index contributed by atoms with van der Waals surface area (Å²) in [5, 5.41) is 3.70. The molecule has 0 atom stereocenters. The lowest BCUT2D eigenvalue weighted by molar-refractivity contribution is 0.102. The van der Waals surface area contributed by atoms with E-state index in [1.54, 1.807) is 6.07 Å². The molecule has 0 bridgehead atoms. The number of benzene rings is 2. The molecule has 3 nitrogen and oxygen atoms in total. The second-order valence-corrected chi connectivity index (χ2v) is 5.60. The molecule has 2 aromatic rings. The molecule has 0 aliphatic rings. The monoisotopic (exact) mass is 348 g/mol. The van der Waals surface area contributed by atoms with Crippen molar-refractivity contribution in [1.82, 2.24) is 0 Å². The minimum atomic E-state index is -0.464. The third-order valence-corrected chi connectivity index (χ3v) is 3.62. The molecule has 2 rings (SSSR count). The van der Waals surface area contributed by atoms with Gasteiger partial charge in [0.2, 0.25) is 0 Å². The van der Waals surface area contributed by atoms with E-state index in [1.165, 1.54) is 24.3 Å². The minimum Gasteiger partial charge on any atom is -0.399 e. The van der Waals surface area contributed by atoms with E-state index in [9.17, 15) is 4.79 Å². The van der Waals surface area contributed by atoms with Gasteiger partial charge >= 0.3 is 0 Å². The van der Waals surface area contributed by atoms with Crippen molar-refractivity contribution in [3.63, 3.8) is 0 Å². The van der Waals surface area contributed by atoms with Crippen LogP contribution < -0.4 is 11.1 Å². The van der Waals surface area contributed by atoms with E-state index < -0.39 is 5.91 Å². The predicted molar refractivity (Wildman–Crippen MR) is 85.3 cm³/mol. The van der Waals surface area contributed by atoms with Crippen molar-refractivity contribution in [2.45, 2.75) is 0 Å². The van der Waals surface area contributed by atoms with Crippen molar-refractivity contribution in [3.8, 4) is 0 Å². The maximum Gasteiger partial charge on any atom is 0.257 e. The predicted octanol–water partition coefficient (Wildman–Crippen LogP) is 5.13. The molecule has 0 aliphatic carbocycles. The van der Waals surface area contributed by atoms with Gasteiger partial charge in [0, 0.05) is 10.7 Å². The summed E-state index contributed by atoms with van der Waals surface area (Å²) in [7, 11) is 0. The number of carbonyl (C=O) groups excluding carboxylic acids is 1. The Kier molecular flexibility index (Phi) is 4.66. The molecule has 0 aliphatic heterocycles. The van der Waals surface area contributed by atoms with Gasteiger partial charge in [-0.25, -0.2) is 0 Å². The standard InChI is InChI=1S/C13H8Cl4N2O/c14-6-3-10(16)12(11(17)4-6)19-13(20)8-5-7(18)1-2-9(8)15/h1-5H,18H2,(H,19,20). The molecule has 0 fully saturated rings. The SMILES string of the molecule is Nc1ccc(Cl)c(C(=O)Nc2c(Cl)cc(Cl)cc2Cl)c1. The molecule has 0 saturated carbocycles. The first-order valence-corrected chi connectivity index (χ1v) is 6.90. The van der Waals surface area contributed by atoms with E-state index >= 15 is 0 Å². The zero-order chi connectivity index (χ0) is 14.9. The first kappa shape index (κ1) is 15.3. The lowest BCUT2D eigenvalue weighted by Crippen LogP contribution is -2.13. The molecular formula is C13H8Cl4N2O. The van der Waals surface area contributed by atoms with Gasteiger partial charge in [-0.05, 0) is 30.3 Å². The normalized spacial score (nSPS) is 10.4. The van der Waals surface area contributed by atoms with E-state index in [-0.39, 0.29) is 26.3 Å². The summed E-state index contributed by atoms with van der Waals surface area (Å²) >= 11 is 23.8. The van der Waals surface area contributed by atoms with E-state index in [0.29, 0.717) is 10.7 Å². The van der Waals surface area contributed by atoms with Crippen LogP contribution in [-0.4, -0.2) is 5.91 Å². The van der Waals surface area contributed by atoms with Crippen LogP contribution in [0.2, 0.25) is 20.1 Å². The van der Waals surface area contributed by atoms with Crippen molar-refractivity contribution in [2.75, 3.05) is 11.1 Å². The topological polar surface area (TPSA) is 55.1 Å². The van der Waals surface area contributed by atoms with E-state index in [2.05, 4.69) is 5.32 Å². The van der Waals surface area contributed by atoms with Crippen LogP contribution in [0.4, 0.5) is 11.4 Å². The lowest BCUT2D eigenvalue weighted by atomic mass is 10.2. The third kappa shape index (κ3) is 3.30. The third-order valence-electron chi connectivity index (χ3n) is 2.48. The summed E-state index contributed by atoms with van der Waals surface area (Å²) in [5.74, 6) is -0.464. The first-order chi connectivity index (χ1) is 9.38. The Morgan fingerprint density at radius 1 is 0.950 bits per heavy atom. The number of hydrogen-bond donors (Lipinski definition) is 2. The van der Waals surface area contributed by atoms with Gasteiger partial charge in [-0.1, -0.05) is 46.4 Å². The maximum atomic E-state index is 12.2. The van der Waals surface area contributed by atoms with Crippen molar-refractivity contribution in [2.24, 2.45) is 0 Å². The molecule has 0 spiro atoms. The number of amides is 1. The van der Waals surface area contributed by atoms with Gasteiger partial charge in [-0.15, -0.1) is 0 Å². The molecule has 0 aromatic heterocycles. The Morgan fingerprint density at radius 3 is 2.15 bits per heavy atom. The number of hydrogen-bond acceptors (Lipinski definition) is 2. The van der Waals surface area contributed by atoms with Gasteiger partial charge in [0.15, 0.2) is 0 Å². The Bertz CT molecular complexity index is 665. The fourth-order valence-electron chi connectivity index (χ4n) is 1.56. The summed E-state index contributed by atoms with van der Waals surface area (Å²) in [6.07, 6.45) is 0. The molecule has 0 heterocycles. The summed E-state index contributed by atoms with van der Waals surface area (Å²) in [4.78, 5) is 12.2. The van der Waals surface area contributed by atoms with Crippen LogP contribution in [-0.2, 0) is 0 Å². The molecule has 0 saturated heterocycles. The average Bonchev–Trinajstić information content (AvgIpc) is 2.36. The zero-order valence-electron chi connectivity index (χ0n) is 9.88. The second kappa shape index (κ2) is 6.10. The smallest absolute Gasteiger partial charge is 0.257 e. The minimum absolute atomic E-state index is 0.230. The van der Waals surface area contributed by atoms with Crippen LogP contribution in [0.5, 0.6) is 0 Å². The number of nitrogens with one attached hydrogen (secondary N) is 1. The van der Waals surface area contributed by atoms with Crippen LogP contribution in [0.3, 0.4) is 0 Å². The highest BCUT2D eigenvalue weighted by Gasteiger charge is 2.15. The van der Waals surface area contributed by atoms with Crippen LogP contribution in [0.25, 0.3) is 0 Å². The van der Waals surface area contributed by atoms with Crippen molar-refractivity contribution < 1.29 is 4.79 Å². The summed E-state index contributed by atoms with van der Waals surface area (Å²) in [6.45, 7) is 0. The van der Waals surface area contributed by atoms with Crippen LogP contribution >= 0.6 is 46.4 Å². The molecule has 0 radical (unpaired) electrons. The Labute approximate surface area is 135 Å². The molecule has 2 aromatic carbocycles. The number of anilines is 2. The summed E-state index contributed by atoms with van der Waals surface area (Å²) in [6, 6.07) is 7.56. The maximum absolute atomic E-state index is 12.2. The molecule has 20 heavy (non-hydrogen) atoms. The van der Waals surface area contributed by atoms with E-state index in [4.69, 9.17) is 52.1 Å². The van der Waals surface area contributed by atoms with Crippen molar-refractivity contribution in [3.05, 3.63) is 56.0 Å². The average molecular weight is 350 g/mol. The Morgan fingerprint density at radius 2 is 1.55 bits per heavy atom. The highest BCUT2D eigenvalue weighted by atomic mass is 35.5. The highest BCUT2D eigenvalue weighted by Crippen LogP contribution is 2.34. The molecule has 104 valence electrons. The molecular weight excluding hydrogens is 342 g/mol.